The van der Waals surface area contributed by atoms with Crippen molar-refractivity contribution in [1.29, 1.82) is 0 Å². The van der Waals surface area contributed by atoms with E-state index in [0.717, 1.165) is 24.9 Å². The molecule has 1 nitrogen and oxygen atoms in total. The zero-order valence-corrected chi connectivity index (χ0v) is 12.2. The average Bonchev–Trinajstić information content (AvgIpc) is 2.38. The van der Waals surface area contributed by atoms with Crippen LogP contribution < -0.4 is 5.32 Å². The van der Waals surface area contributed by atoms with Crippen LogP contribution in [0.1, 0.15) is 56.2 Å². The molecule has 0 saturated carbocycles. The first-order chi connectivity index (χ1) is 9.19. The van der Waals surface area contributed by atoms with Crippen molar-refractivity contribution < 1.29 is 4.39 Å². The summed E-state index contributed by atoms with van der Waals surface area (Å²) in [6.07, 6.45) is 7.83. The second-order valence-corrected chi connectivity index (χ2v) is 5.04. The van der Waals surface area contributed by atoms with E-state index in [-0.39, 0.29) is 5.82 Å². The molecule has 1 aromatic rings. The molecule has 0 aliphatic heterocycles. The molecule has 0 amide bonds. The van der Waals surface area contributed by atoms with Crippen LogP contribution in [0.2, 0.25) is 0 Å². The quantitative estimate of drug-likeness (QED) is 0.492. The van der Waals surface area contributed by atoms with Crippen LogP contribution >= 0.6 is 0 Å². The van der Waals surface area contributed by atoms with Crippen LogP contribution in [-0.2, 0) is 0 Å². The van der Waals surface area contributed by atoms with Gasteiger partial charge >= 0.3 is 0 Å². The number of benzene rings is 1. The van der Waals surface area contributed by atoms with Gasteiger partial charge in [0, 0.05) is 6.04 Å². The van der Waals surface area contributed by atoms with Gasteiger partial charge in [-0.25, -0.2) is 4.39 Å². The van der Waals surface area contributed by atoms with Gasteiger partial charge in [0.15, 0.2) is 0 Å². The molecule has 0 aromatic heterocycles. The summed E-state index contributed by atoms with van der Waals surface area (Å²) >= 11 is 0. The molecule has 0 bridgehead atoms. The van der Waals surface area contributed by atoms with Crippen LogP contribution in [-0.4, -0.2) is 6.54 Å². The molecule has 1 N–H and O–H groups in total. The van der Waals surface area contributed by atoms with E-state index in [4.69, 9.17) is 0 Å². The molecular formula is C17H26FN. The normalized spacial score (nSPS) is 12.4. The van der Waals surface area contributed by atoms with E-state index in [9.17, 15) is 4.39 Å². The zero-order chi connectivity index (χ0) is 14.1. The fourth-order valence-corrected chi connectivity index (χ4v) is 2.46. The zero-order valence-electron chi connectivity index (χ0n) is 12.2. The van der Waals surface area contributed by atoms with Crippen molar-refractivity contribution in [3.63, 3.8) is 0 Å². The number of aryl methyl sites for hydroxylation is 1. The van der Waals surface area contributed by atoms with E-state index in [2.05, 4.69) is 18.8 Å². The van der Waals surface area contributed by atoms with Crippen molar-refractivity contribution in [1.82, 2.24) is 5.32 Å². The number of hydrogen-bond donors (Lipinski definition) is 1. The minimum Gasteiger partial charge on any atom is -0.310 e. The highest BCUT2D eigenvalue weighted by molar-refractivity contribution is 5.29. The van der Waals surface area contributed by atoms with Crippen molar-refractivity contribution in [2.24, 2.45) is 0 Å². The van der Waals surface area contributed by atoms with E-state index in [1.807, 2.05) is 19.1 Å². The minimum atomic E-state index is -0.150. The fourth-order valence-electron chi connectivity index (χ4n) is 2.46. The molecule has 1 unspecified atom stereocenters. The molecular weight excluding hydrogens is 237 g/mol. The first-order valence-electron chi connectivity index (χ1n) is 7.29. The van der Waals surface area contributed by atoms with Gasteiger partial charge in [-0.1, -0.05) is 31.9 Å². The van der Waals surface area contributed by atoms with Crippen LogP contribution in [0.3, 0.4) is 0 Å². The third-order valence-electron chi connectivity index (χ3n) is 3.46. The summed E-state index contributed by atoms with van der Waals surface area (Å²) in [4.78, 5) is 0. The van der Waals surface area contributed by atoms with Gasteiger partial charge < -0.3 is 5.32 Å². The molecule has 0 saturated heterocycles. The smallest absolute Gasteiger partial charge is 0.123 e. The van der Waals surface area contributed by atoms with E-state index >= 15 is 0 Å². The molecule has 2 heteroatoms. The highest BCUT2D eigenvalue weighted by atomic mass is 19.1. The first kappa shape index (κ1) is 15.9. The van der Waals surface area contributed by atoms with Gasteiger partial charge in [0.25, 0.3) is 0 Å². The lowest BCUT2D eigenvalue weighted by Gasteiger charge is -2.20. The summed E-state index contributed by atoms with van der Waals surface area (Å²) < 4.78 is 13.2. The van der Waals surface area contributed by atoms with Crippen LogP contribution in [0.4, 0.5) is 4.39 Å². The molecule has 0 aliphatic carbocycles. The topological polar surface area (TPSA) is 12.0 Å². The second kappa shape index (κ2) is 8.87. The Labute approximate surface area is 116 Å². The monoisotopic (exact) mass is 263 g/mol. The summed E-state index contributed by atoms with van der Waals surface area (Å²) in [6, 6.07) is 5.44. The maximum Gasteiger partial charge on any atom is 0.123 e. The molecule has 1 aromatic carbocycles. The standard InChI is InChI=1S/C17H26FN/c1-4-6-7-8-9-10-17(19-5-2)16-12-11-15(18)13-14(16)3/h4,11-13,17,19H,1,5-10H2,2-3H3. The highest BCUT2D eigenvalue weighted by Gasteiger charge is 2.12. The predicted molar refractivity (Wildman–Crippen MR) is 80.8 cm³/mol. The number of hydrogen-bond acceptors (Lipinski definition) is 1. The van der Waals surface area contributed by atoms with Crippen molar-refractivity contribution in [3.05, 3.63) is 47.8 Å². The number of halogens is 1. The van der Waals surface area contributed by atoms with E-state index < -0.39 is 0 Å². The number of rotatable bonds is 9. The van der Waals surface area contributed by atoms with Gasteiger partial charge in [0.1, 0.15) is 5.82 Å². The Morgan fingerprint density at radius 2 is 2.11 bits per heavy atom. The summed E-state index contributed by atoms with van der Waals surface area (Å²) in [5.74, 6) is -0.150. The largest absolute Gasteiger partial charge is 0.310 e. The summed E-state index contributed by atoms with van der Waals surface area (Å²) in [7, 11) is 0. The van der Waals surface area contributed by atoms with Crippen molar-refractivity contribution in [2.45, 2.75) is 52.0 Å². The fraction of sp³-hybridized carbons (Fsp3) is 0.529. The molecule has 0 radical (unpaired) electrons. The Balaban J connectivity index is 2.58. The van der Waals surface area contributed by atoms with Gasteiger partial charge in [-0.3, -0.25) is 0 Å². The van der Waals surface area contributed by atoms with Crippen LogP contribution in [0, 0.1) is 12.7 Å². The highest BCUT2D eigenvalue weighted by Crippen LogP contribution is 2.24. The van der Waals surface area contributed by atoms with E-state index in [1.165, 1.54) is 24.8 Å². The molecule has 0 fully saturated rings. The summed E-state index contributed by atoms with van der Waals surface area (Å²) in [6.45, 7) is 8.78. The molecule has 0 spiro atoms. The number of unbranched alkanes of at least 4 members (excludes halogenated alkanes) is 3. The third-order valence-corrected chi connectivity index (χ3v) is 3.46. The van der Waals surface area contributed by atoms with Gasteiger partial charge in [-0.15, -0.1) is 6.58 Å². The van der Waals surface area contributed by atoms with E-state index in [0.29, 0.717) is 6.04 Å². The van der Waals surface area contributed by atoms with Gasteiger partial charge in [0.2, 0.25) is 0 Å². The maximum atomic E-state index is 13.2. The molecule has 1 atom stereocenters. The lowest BCUT2D eigenvalue weighted by atomic mass is 9.96. The Bertz CT molecular complexity index is 387. The predicted octanol–water partition coefficient (Wildman–Crippen LogP) is 4.92. The summed E-state index contributed by atoms with van der Waals surface area (Å²) in [5.41, 5.74) is 2.27. The third kappa shape index (κ3) is 5.56. The Morgan fingerprint density at radius 3 is 2.74 bits per heavy atom. The van der Waals surface area contributed by atoms with Crippen molar-refractivity contribution >= 4 is 0 Å². The van der Waals surface area contributed by atoms with Crippen LogP contribution in [0.25, 0.3) is 0 Å². The molecule has 0 heterocycles. The number of nitrogens with one attached hydrogen (secondary N) is 1. The lowest BCUT2D eigenvalue weighted by Crippen LogP contribution is -2.21. The summed E-state index contributed by atoms with van der Waals surface area (Å²) in [5, 5.41) is 3.51. The SMILES string of the molecule is C=CCCCCCC(NCC)c1ccc(F)cc1C. The second-order valence-electron chi connectivity index (χ2n) is 5.04. The minimum absolute atomic E-state index is 0.150. The van der Waals surface area contributed by atoms with Gasteiger partial charge in [0.05, 0.1) is 0 Å². The van der Waals surface area contributed by atoms with Crippen molar-refractivity contribution in [3.8, 4) is 0 Å². The molecule has 0 aliphatic rings. The first-order valence-corrected chi connectivity index (χ1v) is 7.29. The van der Waals surface area contributed by atoms with E-state index in [1.54, 1.807) is 12.1 Å². The van der Waals surface area contributed by atoms with Gasteiger partial charge in [-0.2, -0.15) is 0 Å². The van der Waals surface area contributed by atoms with Crippen LogP contribution in [0.5, 0.6) is 0 Å². The molecule has 1 rings (SSSR count). The Morgan fingerprint density at radius 1 is 1.32 bits per heavy atom. The van der Waals surface area contributed by atoms with Gasteiger partial charge in [-0.05, 0) is 56.0 Å². The Kier molecular flexibility index (Phi) is 7.42. The Hall–Kier alpha value is -1.15. The average molecular weight is 263 g/mol. The van der Waals surface area contributed by atoms with Crippen LogP contribution in [0.15, 0.2) is 30.9 Å². The lowest BCUT2D eigenvalue weighted by molar-refractivity contribution is 0.481. The maximum absolute atomic E-state index is 13.2. The number of allylic oxidation sites excluding steroid dienone is 1. The molecule has 19 heavy (non-hydrogen) atoms. The van der Waals surface area contributed by atoms with Crippen molar-refractivity contribution in [2.75, 3.05) is 6.54 Å². The molecule has 106 valence electrons.